The Bertz CT molecular complexity index is 191. The van der Waals surface area contributed by atoms with E-state index in [1.807, 2.05) is 0 Å². The standard InChI is InChI=1S/C13H26N2/c1-4-7-14-10(2)11-8-12-5-6-13(9-11)15(12)3/h10-14H,4-9H2,1-3H3. The van der Waals surface area contributed by atoms with Gasteiger partial charge in [-0.05, 0) is 58.5 Å². The number of nitrogens with zero attached hydrogens (tertiary/aromatic N) is 1. The van der Waals surface area contributed by atoms with Gasteiger partial charge in [-0.25, -0.2) is 0 Å². The summed E-state index contributed by atoms with van der Waals surface area (Å²) < 4.78 is 0. The fraction of sp³-hybridized carbons (Fsp3) is 1.00. The lowest BCUT2D eigenvalue weighted by Crippen LogP contribution is -2.46. The van der Waals surface area contributed by atoms with Crippen molar-refractivity contribution in [2.45, 2.75) is 64.1 Å². The van der Waals surface area contributed by atoms with Gasteiger partial charge in [-0.2, -0.15) is 0 Å². The molecule has 2 rings (SSSR count). The monoisotopic (exact) mass is 210 g/mol. The maximum atomic E-state index is 3.67. The molecular formula is C13H26N2. The summed E-state index contributed by atoms with van der Waals surface area (Å²) in [5, 5.41) is 3.67. The molecule has 2 fully saturated rings. The Labute approximate surface area is 94.4 Å². The SMILES string of the molecule is CCCNC(C)C1CC2CCC(C1)N2C. The average molecular weight is 210 g/mol. The minimum absolute atomic E-state index is 0.724. The van der Waals surface area contributed by atoms with Gasteiger partial charge >= 0.3 is 0 Å². The summed E-state index contributed by atoms with van der Waals surface area (Å²) in [6.07, 6.45) is 6.98. The molecule has 2 heterocycles. The van der Waals surface area contributed by atoms with E-state index in [9.17, 15) is 0 Å². The summed E-state index contributed by atoms with van der Waals surface area (Å²) in [5.41, 5.74) is 0. The lowest BCUT2D eigenvalue weighted by atomic mass is 9.86. The van der Waals surface area contributed by atoms with Crippen LogP contribution in [0.3, 0.4) is 0 Å². The fourth-order valence-corrected chi connectivity index (χ4v) is 3.40. The Morgan fingerprint density at radius 2 is 1.87 bits per heavy atom. The van der Waals surface area contributed by atoms with Gasteiger partial charge in [0.15, 0.2) is 0 Å². The number of fused-ring (bicyclic) bond motifs is 2. The van der Waals surface area contributed by atoms with Crippen LogP contribution in [-0.2, 0) is 0 Å². The fourth-order valence-electron chi connectivity index (χ4n) is 3.40. The average Bonchev–Trinajstić information content (AvgIpc) is 2.49. The minimum Gasteiger partial charge on any atom is -0.314 e. The van der Waals surface area contributed by atoms with Crippen LogP contribution in [0.15, 0.2) is 0 Å². The molecular weight excluding hydrogens is 184 g/mol. The van der Waals surface area contributed by atoms with Gasteiger partial charge in [-0.15, -0.1) is 0 Å². The van der Waals surface area contributed by atoms with Gasteiger partial charge < -0.3 is 10.2 Å². The minimum atomic E-state index is 0.724. The van der Waals surface area contributed by atoms with E-state index in [4.69, 9.17) is 0 Å². The summed E-state index contributed by atoms with van der Waals surface area (Å²) in [5.74, 6) is 0.922. The zero-order chi connectivity index (χ0) is 10.8. The highest BCUT2D eigenvalue weighted by Crippen LogP contribution is 2.38. The van der Waals surface area contributed by atoms with E-state index in [2.05, 4.69) is 31.1 Å². The number of rotatable bonds is 4. The number of hydrogen-bond acceptors (Lipinski definition) is 2. The molecule has 0 saturated carbocycles. The maximum Gasteiger partial charge on any atom is 0.00989 e. The quantitative estimate of drug-likeness (QED) is 0.765. The van der Waals surface area contributed by atoms with Crippen molar-refractivity contribution in [3.63, 3.8) is 0 Å². The molecule has 2 saturated heterocycles. The molecule has 0 radical (unpaired) electrons. The van der Waals surface area contributed by atoms with Crippen LogP contribution in [0, 0.1) is 5.92 Å². The molecule has 0 amide bonds. The predicted octanol–water partition coefficient (Wildman–Crippen LogP) is 2.25. The molecule has 3 atom stereocenters. The summed E-state index contributed by atoms with van der Waals surface area (Å²) in [6, 6.07) is 2.50. The van der Waals surface area contributed by atoms with E-state index in [0.29, 0.717) is 0 Å². The summed E-state index contributed by atoms with van der Waals surface area (Å²) in [7, 11) is 2.32. The highest BCUT2D eigenvalue weighted by Gasteiger charge is 2.39. The normalized spacial score (nSPS) is 38.2. The summed E-state index contributed by atoms with van der Waals surface area (Å²) in [4.78, 5) is 2.63. The van der Waals surface area contributed by atoms with Gasteiger partial charge in [0.05, 0.1) is 0 Å². The molecule has 0 spiro atoms. The molecule has 0 aromatic heterocycles. The second kappa shape index (κ2) is 4.84. The predicted molar refractivity (Wildman–Crippen MR) is 65.1 cm³/mol. The molecule has 2 aliphatic rings. The van der Waals surface area contributed by atoms with E-state index in [0.717, 1.165) is 24.0 Å². The van der Waals surface area contributed by atoms with Crippen LogP contribution < -0.4 is 5.32 Å². The first-order valence-corrected chi connectivity index (χ1v) is 6.67. The zero-order valence-electron chi connectivity index (χ0n) is 10.5. The van der Waals surface area contributed by atoms with Gasteiger partial charge in [-0.3, -0.25) is 0 Å². The first kappa shape index (κ1) is 11.4. The van der Waals surface area contributed by atoms with Gasteiger partial charge in [0.2, 0.25) is 0 Å². The van der Waals surface area contributed by atoms with Crippen molar-refractivity contribution in [1.29, 1.82) is 0 Å². The van der Waals surface area contributed by atoms with Gasteiger partial charge in [0.1, 0.15) is 0 Å². The van der Waals surface area contributed by atoms with Gasteiger partial charge in [0.25, 0.3) is 0 Å². The number of piperidine rings is 1. The van der Waals surface area contributed by atoms with Crippen molar-refractivity contribution in [1.82, 2.24) is 10.2 Å². The van der Waals surface area contributed by atoms with Crippen LogP contribution >= 0.6 is 0 Å². The van der Waals surface area contributed by atoms with Crippen LogP contribution in [0.2, 0.25) is 0 Å². The maximum absolute atomic E-state index is 3.67. The lowest BCUT2D eigenvalue weighted by Gasteiger charge is -2.39. The molecule has 0 aromatic rings. The molecule has 2 aliphatic heterocycles. The molecule has 2 nitrogen and oxygen atoms in total. The summed E-state index contributed by atoms with van der Waals surface area (Å²) in [6.45, 7) is 5.81. The first-order chi connectivity index (χ1) is 7.22. The number of hydrogen-bond donors (Lipinski definition) is 1. The number of nitrogens with one attached hydrogen (secondary N) is 1. The molecule has 1 N–H and O–H groups in total. The van der Waals surface area contributed by atoms with Crippen LogP contribution in [0.4, 0.5) is 0 Å². The van der Waals surface area contributed by atoms with Gasteiger partial charge in [0, 0.05) is 18.1 Å². The van der Waals surface area contributed by atoms with E-state index >= 15 is 0 Å². The Hall–Kier alpha value is -0.0800. The van der Waals surface area contributed by atoms with Crippen molar-refractivity contribution in [2.24, 2.45) is 5.92 Å². The molecule has 0 aliphatic carbocycles. The Kier molecular flexibility index (Phi) is 3.68. The Morgan fingerprint density at radius 1 is 1.27 bits per heavy atom. The van der Waals surface area contributed by atoms with Crippen molar-refractivity contribution in [3.8, 4) is 0 Å². The largest absolute Gasteiger partial charge is 0.314 e. The smallest absolute Gasteiger partial charge is 0.00989 e. The van der Waals surface area contributed by atoms with Crippen molar-refractivity contribution in [3.05, 3.63) is 0 Å². The second-order valence-electron chi connectivity index (χ2n) is 5.52. The third-order valence-electron chi connectivity index (χ3n) is 4.56. The van der Waals surface area contributed by atoms with Crippen molar-refractivity contribution < 1.29 is 0 Å². The Morgan fingerprint density at radius 3 is 2.40 bits per heavy atom. The zero-order valence-corrected chi connectivity index (χ0v) is 10.5. The van der Waals surface area contributed by atoms with Crippen LogP contribution in [0.1, 0.15) is 46.0 Å². The molecule has 88 valence electrons. The molecule has 15 heavy (non-hydrogen) atoms. The topological polar surface area (TPSA) is 15.3 Å². The highest BCUT2D eigenvalue weighted by molar-refractivity contribution is 4.95. The highest BCUT2D eigenvalue weighted by atomic mass is 15.2. The van der Waals surface area contributed by atoms with Crippen LogP contribution in [0.5, 0.6) is 0 Å². The summed E-state index contributed by atoms with van der Waals surface area (Å²) >= 11 is 0. The van der Waals surface area contributed by atoms with E-state index in [1.54, 1.807) is 0 Å². The third-order valence-corrected chi connectivity index (χ3v) is 4.56. The van der Waals surface area contributed by atoms with Crippen LogP contribution in [0.25, 0.3) is 0 Å². The van der Waals surface area contributed by atoms with Crippen molar-refractivity contribution in [2.75, 3.05) is 13.6 Å². The lowest BCUT2D eigenvalue weighted by molar-refractivity contribution is 0.116. The van der Waals surface area contributed by atoms with Gasteiger partial charge in [-0.1, -0.05) is 6.92 Å². The molecule has 2 bridgehead atoms. The first-order valence-electron chi connectivity index (χ1n) is 6.67. The van der Waals surface area contributed by atoms with Crippen molar-refractivity contribution >= 4 is 0 Å². The second-order valence-corrected chi connectivity index (χ2v) is 5.52. The molecule has 3 unspecified atom stereocenters. The van der Waals surface area contributed by atoms with E-state index < -0.39 is 0 Å². The molecule has 0 aromatic carbocycles. The molecule has 2 heteroatoms. The van der Waals surface area contributed by atoms with Crippen LogP contribution in [-0.4, -0.2) is 36.6 Å². The Balaban J connectivity index is 1.85. The van der Waals surface area contributed by atoms with E-state index in [1.165, 1.54) is 38.6 Å². The third kappa shape index (κ3) is 2.36. The van der Waals surface area contributed by atoms with E-state index in [-0.39, 0.29) is 0 Å².